The molecule has 2 aromatic rings. The lowest BCUT2D eigenvalue weighted by Gasteiger charge is -2.14. The molecule has 0 unspecified atom stereocenters. The van der Waals surface area contributed by atoms with Gasteiger partial charge in [-0.1, -0.05) is 11.6 Å². The van der Waals surface area contributed by atoms with Crippen LogP contribution in [-0.4, -0.2) is 31.7 Å². The monoisotopic (exact) mass is 335 g/mol. The average Bonchev–Trinajstić information content (AvgIpc) is 2.59. The largest absolute Gasteiger partial charge is 0.495 e. The summed E-state index contributed by atoms with van der Waals surface area (Å²) in [6.07, 6.45) is 3.37. The summed E-state index contributed by atoms with van der Waals surface area (Å²) in [6.45, 7) is 0.552. The second-order valence-corrected chi connectivity index (χ2v) is 5.08. The number of anilines is 1. The Balaban J connectivity index is 1.93. The number of carbonyl (C=O) groups excluding carboxylic acids is 1. The first-order chi connectivity index (χ1) is 11.1. The Morgan fingerprint density at radius 1 is 1.17 bits per heavy atom. The van der Waals surface area contributed by atoms with Gasteiger partial charge in [-0.3, -0.25) is 9.78 Å². The molecule has 1 aromatic carbocycles. The zero-order valence-corrected chi connectivity index (χ0v) is 13.7. The van der Waals surface area contributed by atoms with Crippen molar-refractivity contribution < 1.29 is 14.3 Å². The van der Waals surface area contributed by atoms with Crippen LogP contribution >= 0.6 is 11.6 Å². The normalized spacial score (nSPS) is 10.0. The highest BCUT2D eigenvalue weighted by Gasteiger charge is 2.11. The summed E-state index contributed by atoms with van der Waals surface area (Å²) in [7, 11) is 3.06. The van der Waals surface area contributed by atoms with E-state index in [0.717, 1.165) is 5.56 Å². The number of methoxy groups -OCH3 is 2. The summed E-state index contributed by atoms with van der Waals surface area (Å²) in [5.74, 6) is 0.905. The Morgan fingerprint density at radius 3 is 2.52 bits per heavy atom. The molecule has 0 bridgehead atoms. The van der Waals surface area contributed by atoms with Crippen LogP contribution < -0.4 is 20.1 Å². The van der Waals surface area contributed by atoms with Crippen molar-refractivity contribution in [2.24, 2.45) is 0 Å². The molecule has 7 heteroatoms. The van der Waals surface area contributed by atoms with Gasteiger partial charge in [-0.15, -0.1) is 0 Å². The minimum Gasteiger partial charge on any atom is -0.495 e. The Kier molecular flexibility index (Phi) is 6.05. The van der Waals surface area contributed by atoms with Crippen LogP contribution in [0, 0.1) is 0 Å². The maximum Gasteiger partial charge on any atom is 0.239 e. The molecule has 0 aliphatic rings. The second-order valence-electron chi connectivity index (χ2n) is 4.67. The van der Waals surface area contributed by atoms with Crippen LogP contribution in [0.25, 0.3) is 0 Å². The molecular weight excluding hydrogens is 318 g/mol. The smallest absolute Gasteiger partial charge is 0.239 e. The van der Waals surface area contributed by atoms with Crippen LogP contribution in [0.4, 0.5) is 5.69 Å². The van der Waals surface area contributed by atoms with E-state index in [0.29, 0.717) is 28.8 Å². The molecule has 1 aromatic heterocycles. The van der Waals surface area contributed by atoms with Gasteiger partial charge in [0, 0.05) is 31.1 Å². The Morgan fingerprint density at radius 2 is 1.87 bits per heavy atom. The lowest BCUT2D eigenvalue weighted by atomic mass is 10.2. The van der Waals surface area contributed by atoms with E-state index in [-0.39, 0.29) is 12.5 Å². The van der Waals surface area contributed by atoms with E-state index in [4.69, 9.17) is 21.1 Å². The molecule has 0 spiro atoms. The van der Waals surface area contributed by atoms with E-state index in [1.165, 1.54) is 14.2 Å². The first kappa shape index (κ1) is 16.9. The highest BCUT2D eigenvalue weighted by molar-refractivity contribution is 6.32. The summed E-state index contributed by atoms with van der Waals surface area (Å²) in [6, 6.07) is 7.02. The third-order valence-electron chi connectivity index (χ3n) is 3.15. The van der Waals surface area contributed by atoms with Crippen molar-refractivity contribution in [3.8, 4) is 11.5 Å². The fraction of sp³-hybridized carbons (Fsp3) is 0.250. The van der Waals surface area contributed by atoms with Crippen LogP contribution in [0.3, 0.4) is 0 Å². The van der Waals surface area contributed by atoms with Crippen LogP contribution in [0.15, 0.2) is 36.7 Å². The van der Waals surface area contributed by atoms with Crippen LogP contribution in [0.2, 0.25) is 5.02 Å². The molecule has 6 nitrogen and oxygen atoms in total. The van der Waals surface area contributed by atoms with Crippen LogP contribution in [0.1, 0.15) is 5.56 Å². The van der Waals surface area contributed by atoms with E-state index < -0.39 is 0 Å². The second kappa shape index (κ2) is 8.24. The highest BCUT2D eigenvalue weighted by atomic mass is 35.5. The average molecular weight is 336 g/mol. The maximum absolute atomic E-state index is 11.9. The fourth-order valence-electron chi connectivity index (χ4n) is 1.94. The predicted octanol–water partition coefficient (Wildman–Crippen LogP) is 2.48. The topological polar surface area (TPSA) is 72.5 Å². The number of hydrogen-bond acceptors (Lipinski definition) is 5. The first-order valence-electron chi connectivity index (χ1n) is 6.95. The number of nitrogens with zero attached hydrogens (tertiary/aromatic N) is 1. The van der Waals surface area contributed by atoms with Gasteiger partial charge >= 0.3 is 0 Å². The van der Waals surface area contributed by atoms with E-state index in [2.05, 4.69) is 15.6 Å². The number of pyridine rings is 1. The first-order valence-corrected chi connectivity index (χ1v) is 7.33. The van der Waals surface area contributed by atoms with E-state index in [9.17, 15) is 4.79 Å². The fourth-order valence-corrected chi connectivity index (χ4v) is 2.17. The standard InChI is InChI=1S/C16H18ClN3O3/c1-22-14-8-13(15(23-2)7-12(14)17)19-10-16(21)20-9-11-3-5-18-6-4-11/h3-8,19H,9-10H2,1-2H3,(H,20,21). The lowest BCUT2D eigenvalue weighted by molar-refractivity contribution is -0.119. The minimum atomic E-state index is -0.141. The summed E-state index contributed by atoms with van der Waals surface area (Å²) >= 11 is 6.04. The van der Waals surface area contributed by atoms with Gasteiger partial charge in [0.1, 0.15) is 11.5 Å². The van der Waals surface area contributed by atoms with Gasteiger partial charge in [-0.25, -0.2) is 0 Å². The van der Waals surface area contributed by atoms with Gasteiger partial charge in [0.05, 0.1) is 31.5 Å². The van der Waals surface area contributed by atoms with E-state index in [1.807, 2.05) is 12.1 Å². The van der Waals surface area contributed by atoms with Crippen molar-refractivity contribution in [1.29, 1.82) is 0 Å². The molecule has 0 radical (unpaired) electrons. The Hall–Kier alpha value is -2.47. The third-order valence-corrected chi connectivity index (χ3v) is 3.45. The Labute approximate surface area is 139 Å². The molecular formula is C16H18ClN3O3. The number of benzene rings is 1. The molecule has 1 amide bonds. The number of hydrogen-bond donors (Lipinski definition) is 2. The molecule has 2 N–H and O–H groups in total. The van der Waals surface area contributed by atoms with Crippen molar-refractivity contribution in [2.75, 3.05) is 26.1 Å². The van der Waals surface area contributed by atoms with Gasteiger partial charge in [-0.2, -0.15) is 0 Å². The number of nitrogens with one attached hydrogen (secondary N) is 2. The number of ether oxygens (including phenoxy) is 2. The molecule has 0 saturated carbocycles. The van der Waals surface area contributed by atoms with Crippen molar-refractivity contribution in [3.05, 3.63) is 47.2 Å². The van der Waals surface area contributed by atoms with Crippen LogP contribution in [0.5, 0.6) is 11.5 Å². The molecule has 1 heterocycles. The number of aromatic nitrogens is 1. The quantitative estimate of drug-likeness (QED) is 0.813. The molecule has 0 fully saturated rings. The van der Waals surface area contributed by atoms with Crippen molar-refractivity contribution in [2.45, 2.75) is 6.54 Å². The molecule has 122 valence electrons. The number of halogens is 1. The highest BCUT2D eigenvalue weighted by Crippen LogP contribution is 2.35. The van der Waals surface area contributed by atoms with Crippen LogP contribution in [-0.2, 0) is 11.3 Å². The van der Waals surface area contributed by atoms with Gasteiger partial charge in [0.25, 0.3) is 0 Å². The third kappa shape index (κ3) is 4.75. The number of carbonyl (C=O) groups is 1. The van der Waals surface area contributed by atoms with Gasteiger partial charge in [0.15, 0.2) is 0 Å². The van der Waals surface area contributed by atoms with Gasteiger partial charge < -0.3 is 20.1 Å². The summed E-state index contributed by atoms with van der Waals surface area (Å²) in [5, 5.41) is 6.28. The zero-order valence-electron chi connectivity index (χ0n) is 12.9. The molecule has 0 saturated heterocycles. The molecule has 2 rings (SSSR count). The van der Waals surface area contributed by atoms with Crippen molar-refractivity contribution in [1.82, 2.24) is 10.3 Å². The zero-order chi connectivity index (χ0) is 16.7. The summed E-state index contributed by atoms with van der Waals surface area (Å²) < 4.78 is 10.4. The molecule has 0 aliphatic carbocycles. The van der Waals surface area contributed by atoms with Crippen molar-refractivity contribution >= 4 is 23.2 Å². The maximum atomic E-state index is 11.9. The molecule has 0 atom stereocenters. The lowest BCUT2D eigenvalue weighted by Crippen LogP contribution is -2.29. The molecule has 0 aliphatic heterocycles. The van der Waals surface area contributed by atoms with E-state index >= 15 is 0 Å². The minimum absolute atomic E-state index is 0.103. The van der Waals surface area contributed by atoms with E-state index in [1.54, 1.807) is 24.5 Å². The number of amides is 1. The number of rotatable bonds is 7. The van der Waals surface area contributed by atoms with Gasteiger partial charge in [-0.05, 0) is 17.7 Å². The predicted molar refractivity (Wildman–Crippen MR) is 89.1 cm³/mol. The summed E-state index contributed by atoms with van der Waals surface area (Å²) in [5.41, 5.74) is 1.62. The van der Waals surface area contributed by atoms with Crippen molar-refractivity contribution in [3.63, 3.8) is 0 Å². The molecule has 23 heavy (non-hydrogen) atoms. The summed E-state index contributed by atoms with van der Waals surface area (Å²) in [4.78, 5) is 15.9. The Bertz CT molecular complexity index is 665. The SMILES string of the molecule is COc1cc(NCC(=O)NCc2ccncc2)c(OC)cc1Cl. The van der Waals surface area contributed by atoms with Gasteiger partial charge in [0.2, 0.25) is 5.91 Å².